The Morgan fingerprint density at radius 3 is 2.75 bits per heavy atom. The lowest BCUT2D eigenvalue weighted by Gasteiger charge is -2.20. The highest BCUT2D eigenvalue weighted by atomic mass is 16.2. The number of aliphatic imine (C=N–C) groups is 1. The molecule has 0 aliphatic carbocycles. The molecule has 6 nitrogen and oxygen atoms in total. The van der Waals surface area contributed by atoms with Gasteiger partial charge in [-0.2, -0.15) is 0 Å². The highest BCUT2D eigenvalue weighted by Crippen LogP contribution is 2.19. The third-order valence-corrected chi connectivity index (χ3v) is 4.09. The fourth-order valence-corrected chi connectivity index (χ4v) is 2.75. The molecule has 1 aromatic carbocycles. The van der Waals surface area contributed by atoms with Crippen molar-refractivity contribution in [3.63, 3.8) is 0 Å². The number of para-hydroxylation sites is 1. The third-order valence-electron chi connectivity index (χ3n) is 4.09. The topological polar surface area (TPSA) is 60.0 Å². The first-order valence-electron chi connectivity index (χ1n) is 8.65. The van der Waals surface area contributed by atoms with E-state index in [1.807, 2.05) is 13.0 Å². The van der Waals surface area contributed by atoms with E-state index in [1.54, 1.807) is 19.0 Å². The van der Waals surface area contributed by atoms with Crippen LogP contribution in [-0.4, -0.2) is 63.1 Å². The van der Waals surface area contributed by atoms with Gasteiger partial charge in [-0.1, -0.05) is 18.2 Å². The van der Waals surface area contributed by atoms with Gasteiger partial charge in [-0.05, 0) is 25.5 Å². The van der Waals surface area contributed by atoms with Gasteiger partial charge in [0.05, 0.1) is 6.54 Å². The van der Waals surface area contributed by atoms with E-state index >= 15 is 0 Å². The van der Waals surface area contributed by atoms with E-state index in [-0.39, 0.29) is 5.91 Å². The number of nitrogens with one attached hydrogen (secondary N) is 2. The van der Waals surface area contributed by atoms with Crippen LogP contribution in [0.3, 0.4) is 0 Å². The SMILES string of the molecule is CCNC(=NCCC(=O)N(C)C)NC1CCN(c2ccccc2)C1. The van der Waals surface area contributed by atoms with Gasteiger partial charge in [0.1, 0.15) is 0 Å². The highest BCUT2D eigenvalue weighted by molar-refractivity contribution is 5.81. The van der Waals surface area contributed by atoms with Crippen LogP contribution in [-0.2, 0) is 4.79 Å². The number of hydrogen-bond donors (Lipinski definition) is 2. The van der Waals surface area contributed by atoms with Gasteiger partial charge < -0.3 is 20.4 Å². The van der Waals surface area contributed by atoms with Crippen molar-refractivity contribution in [3.05, 3.63) is 30.3 Å². The van der Waals surface area contributed by atoms with Crippen LogP contribution in [0.4, 0.5) is 5.69 Å². The van der Waals surface area contributed by atoms with E-state index in [0.717, 1.165) is 32.0 Å². The molecular formula is C18H29N5O. The minimum Gasteiger partial charge on any atom is -0.369 e. The molecule has 0 spiro atoms. The Labute approximate surface area is 144 Å². The second-order valence-corrected chi connectivity index (χ2v) is 6.21. The van der Waals surface area contributed by atoms with Gasteiger partial charge in [-0.15, -0.1) is 0 Å². The fraction of sp³-hybridized carbons (Fsp3) is 0.556. The summed E-state index contributed by atoms with van der Waals surface area (Å²) in [5.41, 5.74) is 1.26. The lowest BCUT2D eigenvalue weighted by molar-refractivity contribution is -0.128. The number of rotatable bonds is 6. The highest BCUT2D eigenvalue weighted by Gasteiger charge is 2.23. The minimum absolute atomic E-state index is 0.103. The zero-order chi connectivity index (χ0) is 17.4. The smallest absolute Gasteiger partial charge is 0.223 e. The largest absolute Gasteiger partial charge is 0.369 e. The quantitative estimate of drug-likeness (QED) is 0.609. The Bertz CT molecular complexity index is 544. The van der Waals surface area contributed by atoms with Crippen molar-refractivity contribution < 1.29 is 4.79 Å². The zero-order valence-corrected chi connectivity index (χ0v) is 15.0. The van der Waals surface area contributed by atoms with Crippen molar-refractivity contribution in [2.24, 2.45) is 4.99 Å². The van der Waals surface area contributed by atoms with Crippen molar-refractivity contribution in [2.45, 2.75) is 25.8 Å². The van der Waals surface area contributed by atoms with Gasteiger partial charge >= 0.3 is 0 Å². The van der Waals surface area contributed by atoms with E-state index in [9.17, 15) is 4.79 Å². The molecule has 1 amide bonds. The maximum atomic E-state index is 11.6. The summed E-state index contributed by atoms with van der Waals surface area (Å²) >= 11 is 0. The lowest BCUT2D eigenvalue weighted by atomic mass is 10.3. The van der Waals surface area contributed by atoms with Crippen LogP contribution < -0.4 is 15.5 Å². The average Bonchev–Trinajstić information content (AvgIpc) is 3.04. The summed E-state index contributed by atoms with van der Waals surface area (Å²) in [6.07, 6.45) is 1.51. The van der Waals surface area contributed by atoms with Crippen LogP contribution in [0, 0.1) is 0 Å². The molecule has 1 heterocycles. The van der Waals surface area contributed by atoms with Gasteiger partial charge in [0.25, 0.3) is 0 Å². The molecule has 1 aliphatic heterocycles. The minimum atomic E-state index is 0.103. The first-order valence-corrected chi connectivity index (χ1v) is 8.65. The molecule has 0 radical (unpaired) electrons. The molecule has 24 heavy (non-hydrogen) atoms. The van der Waals surface area contributed by atoms with Crippen LogP contribution in [0.1, 0.15) is 19.8 Å². The molecule has 1 unspecified atom stereocenters. The standard InChI is InChI=1S/C18H29N5O/c1-4-19-18(20-12-10-17(24)22(2)3)21-15-11-13-23(14-15)16-8-6-5-7-9-16/h5-9,15H,4,10-14H2,1-3H3,(H2,19,20,21). The Morgan fingerprint density at radius 1 is 1.33 bits per heavy atom. The molecule has 1 aliphatic rings. The Kier molecular flexibility index (Phi) is 6.90. The normalized spacial score (nSPS) is 17.7. The number of benzene rings is 1. The second kappa shape index (κ2) is 9.15. The Balaban J connectivity index is 1.85. The number of hydrogen-bond acceptors (Lipinski definition) is 3. The van der Waals surface area contributed by atoms with Crippen molar-refractivity contribution in [1.29, 1.82) is 0 Å². The van der Waals surface area contributed by atoms with E-state index in [1.165, 1.54) is 5.69 Å². The van der Waals surface area contributed by atoms with Crippen LogP contribution in [0.25, 0.3) is 0 Å². The summed E-state index contributed by atoms with van der Waals surface area (Å²) in [6, 6.07) is 10.9. The average molecular weight is 331 g/mol. The van der Waals surface area contributed by atoms with Gasteiger partial charge in [-0.3, -0.25) is 9.79 Å². The second-order valence-electron chi connectivity index (χ2n) is 6.21. The third kappa shape index (κ3) is 5.44. The lowest BCUT2D eigenvalue weighted by Crippen LogP contribution is -2.44. The molecule has 0 bridgehead atoms. The summed E-state index contributed by atoms with van der Waals surface area (Å²) in [7, 11) is 3.54. The Morgan fingerprint density at radius 2 is 2.08 bits per heavy atom. The summed E-state index contributed by atoms with van der Waals surface area (Å²) in [5.74, 6) is 0.898. The number of guanidine groups is 1. The van der Waals surface area contributed by atoms with E-state index in [0.29, 0.717) is 19.0 Å². The zero-order valence-electron chi connectivity index (χ0n) is 15.0. The van der Waals surface area contributed by atoms with Gasteiger partial charge in [0, 0.05) is 51.9 Å². The van der Waals surface area contributed by atoms with Crippen LogP contribution >= 0.6 is 0 Å². The molecule has 2 N–H and O–H groups in total. The maximum Gasteiger partial charge on any atom is 0.223 e. The van der Waals surface area contributed by atoms with Gasteiger partial charge in [0.2, 0.25) is 5.91 Å². The molecule has 1 saturated heterocycles. The fourth-order valence-electron chi connectivity index (χ4n) is 2.75. The summed E-state index contributed by atoms with van der Waals surface area (Å²) in [5, 5.41) is 6.75. The number of nitrogens with zero attached hydrogens (tertiary/aromatic N) is 3. The molecule has 0 aromatic heterocycles. The molecule has 1 fully saturated rings. The van der Waals surface area contributed by atoms with Crippen molar-refractivity contribution in [3.8, 4) is 0 Å². The molecule has 2 rings (SSSR count). The summed E-state index contributed by atoms with van der Waals surface area (Å²) in [6.45, 7) is 5.36. The van der Waals surface area contributed by atoms with Crippen LogP contribution in [0.2, 0.25) is 0 Å². The monoisotopic (exact) mass is 331 g/mol. The van der Waals surface area contributed by atoms with E-state index < -0.39 is 0 Å². The predicted molar refractivity (Wildman–Crippen MR) is 99.5 cm³/mol. The molecule has 6 heteroatoms. The van der Waals surface area contributed by atoms with Gasteiger partial charge in [-0.25, -0.2) is 0 Å². The van der Waals surface area contributed by atoms with Crippen molar-refractivity contribution in [1.82, 2.24) is 15.5 Å². The number of anilines is 1. The number of carbonyl (C=O) groups is 1. The molecule has 1 atom stereocenters. The first kappa shape index (κ1) is 18.1. The van der Waals surface area contributed by atoms with Crippen LogP contribution in [0.15, 0.2) is 35.3 Å². The Hall–Kier alpha value is -2.24. The van der Waals surface area contributed by atoms with Gasteiger partial charge in [0.15, 0.2) is 5.96 Å². The summed E-state index contributed by atoms with van der Waals surface area (Å²) < 4.78 is 0. The first-order chi connectivity index (χ1) is 11.6. The molecule has 0 saturated carbocycles. The maximum absolute atomic E-state index is 11.6. The number of carbonyl (C=O) groups excluding carboxylic acids is 1. The van der Waals surface area contributed by atoms with Crippen molar-refractivity contribution in [2.75, 3.05) is 45.2 Å². The molecule has 1 aromatic rings. The summed E-state index contributed by atoms with van der Waals surface area (Å²) in [4.78, 5) is 20.1. The number of amides is 1. The molecule has 132 valence electrons. The predicted octanol–water partition coefficient (Wildman–Crippen LogP) is 1.30. The van der Waals surface area contributed by atoms with Crippen molar-refractivity contribution >= 4 is 17.6 Å². The van der Waals surface area contributed by atoms with Crippen LogP contribution in [0.5, 0.6) is 0 Å². The van der Waals surface area contributed by atoms with E-state index in [2.05, 4.69) is 44.8 Å². The van der Waals surface area contributed by atoms with E-state index in [4.69, 9.17) is 0 Å². The molecular weight excluding hydrogens is 302 g/mol.